The van der Waals surface area contributed by atoms with E-state index in [0.717, 1.165) is 100.0 Å². The molecule has 7 heteroatoms. The van der Waals surface area contributed by atoms with E-state index in [0.29, 0.717) is 11.8 Å². The van der Waals surface area contributed by atoms with E-state index in [4.69, 9.17) is 18.8 Å². The Morgan fingerprint density at radius 2 is 1.09 bits per heavy atom. The molecule has 0 aliphatic heterocycles. The van der Waals surface area contributed by atoms with E-state index in [9.17, 15) is 0 Å². The van der Waals surface area contributed by atoms with Crippen molar-refractivity contribution in [3.8, 4) is 34.2 Å². The summed E-state index contributed by atoms with van der Waals surface area (Å²) in [6.07, 6.45) is 0. The minimum absolute atomic E-state index is 0. The van der Waals surface area contributed by atoms with Crippen molar-refractivity contribution in [3.05, 3.63) is 193 Å². The van der Waals surface area contributed by atoms with Gasteiger partial charge in [0.05, 0.1) is 39.3 Å². The summed E-state index contributed by atoms with van der Waals surface area (Å²) in [5.74, 6) is 2.59. The Morgan fingerprint density at radius 1 is 0.500 bits per heavy atom. The van der Waals surface area contributed by atoms with Crippen molar-refractivity contribution in [3.63, 3.8) is 0 Å². The predicted octanol–water partition coefficient (Wildman–Crippen LogP) is 15.3. The van der Waals surface area contributed by atoms with Crippen LogP contribution in [0.4, 0.5) is 0 Å². The number of aromatic nitrogens is 4. The molecule has 0 bridgehead atoms. The monoisotopic (exact) mass is 1010 g/mol. The number of nitrogens with zero attached hydrogens (tertiary/aromatic N) is 4. The summed E-state index contributed by atoms with van der Waals surface area (Å²) in [5, 5.41) is 4.38. The van der Waals surface area contributed by atoms with Gasteiger partial charge < -0.3 is 18.0 Å². The summed E-state index contributed by atoms with van der Waals surface area (Å²) in [6.45, 7) is 11.2. The van der Waals surface area contributed by atoms with Gasteiger partial charge in [0.25, 0.3) is 0 Å². The molecule has 0 atom stereocenters. The number of hydrogen-bond donors (Lipinski definition) is 0. The normalized spacial score (nSPS) is 11.7. The molecule has 12 aromatic rings. The van der Waals surface area contributed by atoms with Crippen LogP contribution >= 0.6 is 0 Å². The average Bonchev–Trinajstić information content (AvgIpc) is 4.09. The summed E-state index contributed by atoms with van der Waals surface area (Å²) in [6, 6.07) is 62.8. The van der Waals surface area contributed by atoms with Crippen LogP contribution in [0.5, 0.6) is 0 Å². The van der Waals surface area contributed by atoms with Gasteiger partial charge in [0, 0.05) is 53.7 Å². The standard InChI is InChI=1S/C32H19N2O2.C25H25N2.Ir/c1-19-17-24-21-10-3-6-15-28(21)35-30(24)18-27(19)34-26-14-5-4-13-25(26)33-32(34)23-12-8-11-22-20-9-2-7-16-29(20)36-31(22)23;1-17(2)20-13-10-14-21(18(3)4)24(20)27-23-16-9-8-15-22(23)26-25(27)19-11-6-5-7-12-19;/h2-11,13-18H,1H3;5-11,13-18H,1-4H3;/q2*-1;. The van der Waals surface area contributed by atoms with Crippen molar-refractivity contribution in [1.82, 2.24) is 19.1 Å². The van der Waals surface area contributed by atoms with Crippen LogP contribution in [-0.2, 0) is 20.1 Å². The second kappa shape index (κ2) is 16.6. The predicted molar refractivity (Wildman–Crippen MR) is 258 cm³/mol. The topological polar surface area (TPSA) is 61.9 Å². The van der Waals surface area contributed by atoms with Crippen LogP contribution in [-0.4, -0.2) is 19.1 Å². The molecule has 4 heterocycles. The zero-order valence-electron chi connectivity index (χ0n) is 36.2. The molecule has 1 radical (unpaired) electrons. The summed E-state index contributed by atoms with van der Waals surface area (Å²) >= 11 is 0. The zero-order chi connectivity index (χ0) is 42.8. The maximum Gasteiger partial charge on any atom is 0.137 e. The van der Waals surface area contributed by atoms with E-state index in [1.165, 1.54) is 16.8 Å². The molecule has 0 amide bonds. The molecule has 64 heavy (non-hydrogen) atoms. The Bertz CT molecular complexity index is 3640. The fourth-order valence-electron chi connectivity index (χ4n) is 9.14. The third-order valence-electron chi connectivity index (χ3n) is 12.1. The second-order valence-corrected chi connectivity index (χ2v) is 16.8. The Morgan fingerprint density at radius 3 is 1.77 bits per heavy atom. The number of benzene rings is 8. The summed E-state index contributed by atoms with van der Waals surface area (Å²) in [7, 11) is 0. The van der Waals surface area contributed by atoms with Gasteiger partial charge in [0.2, 0.25) is 0 Å². The third kappa shape index (κ3) is 6.84. The van der Waals surface area contributed by atoms with E-state index in [1.807, 2.05) is 78.9 Å². The molecule has 0 unspecified atom stereocenters. The Hall–Kier alpha value is -7.05. The first kappa shape index (κ1) is 41.0. The van der Waals surface area contributed by atoms with Crippen molar-refractivity contribution in [2.75, 3.05) is 0 Å². The Kier molecular flexibility index (Phi) is 10.6. The van der Waals surface area contributed by atoms with E-state index in [-0.39, 0.29) is 20.1 Å². The van der Waals surface area contributed by atoms with Crippen molar-refractivity contribution < 1.29 is 28.9 Å². The molecule has 4 aromatic heterocycles. The van der Waals surface area contributed by atoms with Gasteiger partial charge in [-0.2, -0.15) is 0 Å². The molecule has 0 aliphatic carbocycles. The van der Waals surface area contributed by atoms with Gasteiger partial charge in [0.1, 0.15) is 16.7 Å². The molecule has 0 fully saturated rings. The van der Waals surface area contributed by atoms with Gasteiger partial charge in [-0.1, -0.05) is 118 Å². The molecule has 0 N–H and O–H groups in total. The van der Waals surface area contributed by atoms with Gasteiger partial charge in [-0.25, -0.2) is 0 Å². The number of fused-ring (bicyclic) bond motifs is 8. The van der Waals surface area contributed by atoms with Gasteiger partial charge in [-0.05, 0) is 77.9 Å². The number of para-hydroxylation sites is 7. The van der Waals surface area contributed by atoms with E-state index < -0.39 is 0 Å². The number of hydrogen-bond acceptors (Lipinski definition) is 4. The smallest absolute Gasteiger partial charge is 0.137 e. The number of imidazole rings is 2. The second-order valence-electron chi connectivity index (χ2n) is 16.8. The number of rotatable bonds is 6. The zero-order valence-corrected chi connectivity index (χ0v) is 38.6. The van der Waals surface area contributed by atoms with Gasteiger partial charge >= 0.3 is 0 Å². The Labute approximate surface area is 385 Å². The van der Waals surface area contributed by atoms with Crippen LogP contribution in [0.3, 0.4) is 0 Å². The maximum absolute atomic E-state index is 6.36. The average molecular weight is 1010 g/mol. The van der Waals surface area contributed by atoms with Crippen molar-refractivity contribution in [2.45, 2.75) is 46.5 Å². The van der Waals surface area contributed by atoms with E-state index in [1.54, 1.807) is 0 Å². The first-order valence-corrected chi connectivity index (χ1v) is 21.6. The van der Waals surface area contributed by atoms with Crippen molar-refractivity contribution in [1.29, 1.82) is 0 Å². The molecular weight excluding hydrogens is 965 g/mol. The van der Waals surface area contributed by atoms with E-state index in [2.05, 4.69) is 141 Å². The van der Waals surface area contributed by atoms with Gasteiger partial charge in [0.15, 0.2) is 0 Å². The maximum atomic E-state index is 6.36. The molecule has 315 valence electrons. The van der Waals surface area contributed by atoms with E-state index >= 15 is 0 Å². The summed E-state index contributed by atoms with van der Waals surface area (Å²) < 4.78 is 17.2. The summed E-state index contributed by atoms with van der Waals surface area (Å²) in [4.78, 5) is 10.1. The number of furan rings is 2. The van der Waals surface area contributed by atoms with Crippen LogP contribution in [0.2, 0.25) is 0 Å². The SMILES string of the molecule is CC(C)c1cccc(C(C)C)c1-n1c(-c2[c-]cccc2)nc2ccccc21.Cc1cc2c(cc1-n1c(-c3[c-]ccc4c3oc3ccccc34)nc3ccccc31)oc1ccccc12.[Ir]. The summed E-state index contributed by atoms with van der Waals surface area (Å²) in [5.41, 5.74) is 15.4. The molecule has 0 spiro atoms. The fraction of sp³-hybridized carbons (Fsp3) is 0.123. The molecule has 0 aliphatic rings. The van der Waals surface area contributed by atoms with Crippen LogP contribution in [0.25, 0.3) is 100 Å². The molecule has 0 saturated carbocycles. The molecule has 12 rings (SSSR count). The van der Waals surface area contributed by atoms with Crippen molar-refractivity contribution >= 4 is 65.9 Å². The molecule has 6 nitrogen and oxygen atoms in total. The fourth-order valence-corrected chi connectivity index (χ4v) is 9.14. The first-order chi connectivity index (χ1) is 30.8. The number of aryl methyl sites for hydroxylation is 1. The minimum atomic E-state index is 0. The molecular formula is C57H44IrN4O2-2. The van der Waals surface area contributed by atoms with Gasteiger partial charge in [-0.15, -0.1) is 54.1 Å². The minimum Gasteiger partial charge on any atom is -0.501 e. The van der Waals surface area contributed by atoms with Crippen molar-refractivity contribution in [2.24, 2.45) is 0 Å². The Balaban J connectivity index is 0.000000156. The molecule has 8 aromatic carbocycles. The van der Waals surface area contributed by atoms with Crippen LogP contribution in [0.15, 0.2) is 173 Å². The first-order valence-electron chi connectivity index (χ1n) is 21.6. The van der Waals surface area contributed by atoms with Crippen LogP contribution < -0.4 is 0 Å². The van der Waals surface area contributed by atoms with Crippen LogP contribution in [0.1, 0.15) is 56.2 Å². The largest absolute Gasteiger partial charge is 0.501 e. The quantitative estimate of drug-likeness (QED) is 0.156. The molecule has 0 saturated heterocycles. The van der Waals surface area contributed by atoms with Crippen LogP contribution in [0, 0.1) is 19.1 Å². The van der Waals surface area contributed by atoms with Gasteiger partial charge in [-0.3, -0.25) is 9.97 Å². The third-order valence-corrected chi connectivity index (χ3v) is 12.1.